The molecule has 144 valence electrons. The third kappa shape index (κ3) is 6.21. The molecule has 1 amide bonds. The molecule has 0 bridgehead atoms. The topological polar surface area (TPSA) is 60.2 Å². The van der Waals surface area contributed by atoms with Gasteiger partial charge in [0, 0.05) is 50.6 Å². The van der Waals surface area contributed by atoms with E-state index in [4.69, 9.17) is 0 Å². The van der Waals surface area contributed by atoms with E-state index >= 15 is 0 Å². The van der Waals surface area contributed by atoms with Crippen LogP contribution in [0.15, 0.2) is 54.9 Å². The molecule has 1 aromatic carbocycles. The molecule has 0 radical (unpaired) electrons. The van der Waals surface area contributed by atoms with Crippen LogP contribution in [0.1, 0.15) is 23.6 Å². The molecule has 0 N–H and O–H groups in total. The van der Waals surface area contributed by atoms with Crippen molar-refractivity contribution in [3.8, 4) is 6.07 Å². The number of hydrogen-bond donors (Lipinski definition) is 0. The Morgan fingerprint density at radius 1 is 1.07 bits per heavy atom. The fourth-order valence-corrected chi connectivity index (χ4v) is 3.19. The Morgan fingerprint density at radius 3 is 2.37 bits per heavy atom. The maximum Gasteiger partial charge on any atom is 0.222 e. The fourth-order valence-electron chi connectivity index (χ4n) is 3.19. The molecule has 2 aromatic rings. The Kier molecular flexibility index (Phi) is 9.81. The van der Waals surface area contributed by atoms with Gasteiger partial charge < -0.3 is 4.90 Å². The number of benzene rings is 1. The number of nitriles is 1. The van der Waals surface area contributed by atoms with Crippen LogP contribution >= 0.6 is 24.8 Å². The minimum absolute atomic E-state index is 0. The lowest BCUT2D eigenvalue weighted by molar-refractivity contribution is -0.133. The molecular weight excluding hydrogens is 383 g/mol. The van der Waals surface area contributed by atoms with Crippen molar-refractivity contribution in [3.05, 3.63) is 66.0 Å². The third-order valence-electron chi connectivity index (χ3n) is 4.62. The number of aromatic nitrogens is 1. The van der Waals surface area contributed by atoms with Gasteiger partial charge in [0.05, 0.1) is 6.07 Å². The van der Waals surface area contributed by atoms with Crippen molar-refractivity contribution in [1.29, 1.82) is 5.26 Å². The average molecular weight is 407 g/mol. The van der Waals surface area contributed by atoms with Crippen LogP contribution in [0.2, 0.25) is 0 Å². The van der Waals surface area contributed by atoms with Crippen LogP contribution in [-0.2, 0) is 11.2 Å². The van der Waals surface area contributed by atoms with Gasteiger partial charge in [0.25, 0.3) is 0 Å². The maximum atomic E-state index is 12.4. The van der Waals surface area contributed by atoms with Gasteiger partial charge in [-0.15, -0.1) is 24.8 Å². The number of rotatable bonds is 5. The number of pyridine rings is 1. The third-order valence-corrected chi connectivity index (χ3v) is 4.62. The van der Waals surface area contributed by atoms with Crippen molar-refractivity contribution in [2.45, 2.75) is 18.9 Å². The predicted molar refractivity (Wildman–Crippen MR) is 110 cm³/mol. The normalized spacial score (nSPS) is 15.0. The summed E-state index contributed by atoms with van der Waals surface area (Å²) in [5, 5.41) is 9.52. The predicted octanol–water partition coefficient (Wildman–Crippen LogP) is 3.27. The second-order valence-electron chi connectivity index (χ2n) is 6.22. The van der Waals surface area contributed by atoms with Gasteiger partial charge in [-0.25, -0.2) is 0 Å². The van der Waals surface area contributed by atoms with Crippen LogP contribution in [0.25, 0.3) is 0 Å². The highest BCUT2D eigenvalue weighted by Crippen LogP contribution is 2.21. The number of aryl methyl sites for hydroxylation is 1. The highest BCUT2D eigenvalue weighted by molar-refractivity contribution is 5.85. The van der Waals surface area contributed by atoms with Crippen molar-refractivity contribution in [2.75, 3.05) is 26.2 Å². The Morgan fingerprint density at radius 2 is 1.78 bits per heavy atom. The van der Waals surface area contributed by atoms with Gasteiger partial charge >= 0.3 is 0 Å². The van der Waals surface area contributed by atoms with E-state index in [-0.39, 0.29) is 36.8 Å². The number of nitrogens with zero attached hydrogens (tertiary/aromatic N) is 4. The smallest absolute Gasteiger partial charge is 0.222 e. The van der Waals surface area contributed by atoms with Gasteiger partial charge in [-0.2, -0.15) is 5.26 Å². The fraction of sp³-hybridized carbons (Fsp3) is 0.350. The van der Waals surface area contributed by atoms with Crippen molar-refractivity contribution >= 4 is 30.7 Å². The zero-order valence-electron chi connectivity index (χ0n) is 15.0. The summed E-state index contributed by atoms with van der Waals surface area (Å²) in [6, 6.07) is 15.9. The first-order valence-corrected chi connectivity index (χ1v) is 8.63. The van der Waals surface area contributed by atoms with Crippen LogP contribution in [0.4, 0.5) is 0 Å². The number of carbonyl (C=O) groups excluding carboxylic acids is 1. The van der Waals surface area contributed by atoms with E-state index < -0.39 is 0 Å². The van der Waals surface area contributed by atoms with Gasteiger partial charge in [-0.05, 0) is 18.1 Å². The number of piperazine rings is 1. The second-order valence-corrected chi connectivity index (χ2v) is 6.22. The van der Waals surface area contributed by atoms with E-state index in [0.717, 1.165) is 12.0 Å². The van der Waals surface area contributed by atoms with Crippen molar-refractivity contribution < 1.29 is 4.79 Å². The molecule has 0 saturated carbocycles. The van der Waals surface area contributed by atoms with Gasteiger partial charge in [-0.3, -0.25) is 14.7 Å². The van der Waals surface area contributed by atoms with Gasteiger partial charge in [-0.1, -0.05) is 36.4 Å². The Balaban J connectivity index is 0.00000182. The number of carbonyl (C=O) groups is 1. The lowest BCUT2D eigenvalue weighted by Crippen LogP contribution is -2.49. The maximum absolute atomic E-state index is 12.4. The molecule has 1 fully saturated rings. The summed E-state index contributed by atoms with van der Waals surface area (Å²) in [4.78, 5) is 20.6. The molecule has 1 saturated heterocycles. The summed E-state index contributed by atoms with van der Waals surface area (Å²) in [6.07, 6.45) is 4.76. The lowest BCUT2D eigenvalue weighted by atomic mass is 10.1. The second kappa shape index (κ2) is 11.6. The summed E-state index contributed by atoms with van der Waals surface area (Å²) in [6.45, 7) is 2.77. The van der Waals surface area contributed by atoms with E-state index in [0.29, 0.717) is 32.6 Å². The Bertz CT molecular complexity index is 729. The summed E-state index contributed by atoms with van der Waals surface area (Å²) >= 11 is 0. The number of amides is 1. The molecule has 1 atom stereocenters. The molecule has 1 unspecified atom stereocenters. The summed E-state index contributed by atoms with van der Waals surface area (Å²) in [5.74, 6) is 0.193. The monoisotopic (exact) mass is 406 g/mol. The van der Waals surface area contributed by atoms with E-state index in [2.05, 4.69) is 28.1 Å². The van der Waals surface area contributed by atoms with Crippen LogP contribution in [0.5, 0.6) is 0 Å². The first-order valence-electron chi connectivity index (χ1n) is 8.63. The van der Waals surface area contributed by atoms with Crippen molar-refractivity contribution in [2.24, 2.45) is 0 Å². The Hall–Kier alpha value is -2.13. The number of hydrogen-bond acceptors (Lipinski definition) is 4. The van der Waals surface area contributed by atoms with E-state index in [1.807, 2.05) is 35.2 Å². The first-order chi connectivity index (χ1) is 12.3. The first kappa shape index (κ1) is 22.9. The lowest BCUT2D eigenvalue weighted by Gasteiger charge is -2.37. The van der Waals surface area contributed by atoms with Gasteiger partial charge in [0.15, 0.2) is 0 Å². The quantitative estimate of drug-likeness (QED) is 0.764. The molecule has 5 nitrogen and oxygen atoms in total. The van der Waals surface area contributed by atoms with E-state index in [1.54, 1.807) is 12.4 Å². The summed E-state index contributed by atoms with van der Waals surface area (Å²) < 4.78 is 0. The highest BCUT2D eigenvalue weighted by Gasteiger charge is 2.26. The minimum atomic E-state index is -0.296. The van der Waals surface area contributed by atoms with Crippen LogP contribution in [0, 0.1) is 11.3 Å². The molecule has 2 heterocycles. The molecule has 1 aliphatic rings. The van der Waals surface area contributed by atoms with Crippen LogP contribution < -0.4 is 0 Å². The zero-order chi connectivity index (χ0) is 17.5. The number of halogens is 2. The largest absolute Gasteiger partial charge is 0.340 e. The molecule has 1 aromatic heterocycles. The van der Waals surface area contributed by atoms with Crippen molar-refractivity contribution in [3.63, 3.8) is 0 Å². The zero-order valence-corrected chi connectivity index (χ0v) is 16.7. The Labute approximate surface area is 172 Å². The highest BCUT2D eigenvalue weighted by atomic mass is 35.5. The molecule has 3 rings (SSSR count). The molecular formula is C20H24Cl2N4O. The summed E-state index contributed by atoms with van der Waals surface area (Å²) in [5.41, 5.74) is 2.10. The molecule has 27 heavy (non-hydrogen) atoms. The van der Waals surface area contributed by atoms with E-state index in [1.165, 1.54) is 5.56 Å². The van der Waals surface area contributed by atoms with Crippen molar-refractivity contribution in [1.82, 2.24) is 14.8 Å². The van der Waals surface area contributed by atoms with Gasteiger partial charge in [0.2, 0.25) is 5.91 Å². The van der Waals surface area contributed by atoms with Gasteiger partial charge in [0.1, 0.15) is 6.04 Å². The molecule has 0 aliphatic carbocycles. The average Bonchev–Trinajstić information content (AvgIpc) is 2.69. The molecule has 7 heteroatoms. The standard InChI is InChI=1S/C20H22N4O.2ClH/c21-15-19(18-7-4-10-22-16-18)23-11-13-24(14-12-23)20(25)9-8-17-5-2-1-3-6-17;;/h1-7,10,16,19H,8-9,11-14H2;2*1H. The van der Waals surface area contributed by atoms with E-state index in [9.17, 15) is 10.1 Å². The summed E-state index contributed by atoms with van der Waals surface area (Å²) in [7, 11) is 0. The molecule has 1 aliphatic heterocycles. The minimum Gasteiger partial charge on any atom is -0.340 e. The van der Waals surface area contributed by atoms with Crippen LogP contribution in [-0.4, -0.2) is 46.9 Å². The van der Waals surface area contributed by atoms with Crippen LogP contribution in [0.3, 0.4) is 0 Å². The molecule has 0 spiro atoms. The SMILES string of the molecule is Cl.Cl.N#CC(c1cccnc1)N1CCN(C(=O)CCc2ccccc2)CC1.